The largest absolute Gasteiger partial charge is 0.444 e. The van der Waals surface area contributed by atoms with Crippen LogP contribution in [0.2, 0.25) is 0 Å². The summed E-state index contributed by atoms with van der Waals surface area (Å²) in [6.07, 6.45) is -0.0285. The van der Waals surface area contributed by atoms with Crippen molar-refractivity contribution in [3.05, 3.63) is 54.1 Å². The van der Waals surface area contributed by atoms with Gasteiger partial charge >= 0.3 is 6.09 Å². The first-order valence-electron chi connectivity index (χ1n) is 14.5. The van der Waals surface area contributed by atoms with E-state index >= 15 is 0 Å². The average molecular weight is 616 g/mol. The summed E-state index contributed by atoms with van der Waals surface area (Å²) >= 11 is 0. The molecule has 2 fully saturated rings. The smallest absolute Gasteiger partial charge is 0.408 e. The summed E-state index contributed by atoms with van der Waals surface area (Å²) in [5.41, 5.74) is 6.32. The van der Waals surface area contributed by atoms with Crippen LogP contribution in [0.25, 0.3) is 11.1 Å². The Morgan fingerprint density at radius 3 is 2.00 bits per heavy atom. The fourth-order valence-corrected chi connectivity index (χ4v) is 6.67. The van der Waals surface area contributed by atoms with Crippen LogP contribution >= 0.6 is 0 Å². The minimum absolute atomic E-state index is 0.133. The first kappa shape index (κ1) is 32.6. The lowest BCUT2D eigenvalue weighted by Gasteiger charge is -2.37. The van der Waals surface area contributed by atoms with Gasteiger partial charge in [-0.05, 0) is 56.0 Å². The highest BCUT2D eigenvalue weighted by atomic mass is 32.2. The van der Waals surface area contributed by atoms with Crippen molar-refractivity contribution < 1.29 is 37.0 Å². The predicted molar refractivity (Wildman–Crippen MR) is 160 cm³/mol. The van der Waals surface area contributed by atoms with Gasteiger partial charge in [0.2, 0.25) is 15.9 Å². The molecule has 43 heavy (non-hydrogen) atoms. The van der Waals surface area contributed by atoms with Crippen LogP contribution in [0.15, 0.2) is 53.4 Å². The maximum absolute atomic E-state index is 13.6. The van der Waals surface area contributed by atoms with E-state index in [1.165, 1.54) is 4.31 Å². The summed E-state index contributed by atoms with van der Waals surface area (Å²) in [6.45, 7) is 7.25. The van der Waals surface area contributed by atoms with Crippen LogP contribution in [0, 0.1) is 5.92 Å². The van der Waals surface area contributed by atoms with Crippen LogP contribution in [-0.2, 0) is 40.2 Å². The summed E-state index contributed by atoms with van der Waals surface area (Å²) in [6, 6.07) is 14.2. The number of carbonyl (C=O) groups is 3. The number of nitrogens with two attached hydrogens (primary N) is 1. The number of nitrogens with zero attached hydrogens (tertiary/aromatic N) is 1. The lowest BCUT2D eigenvalue weighted by atomic mass is 9.80. The third-order valence-corrected chi connectivity index (χ3v) is 9.60. The Morgan fingerprint density at radius 2 is 1.47 bits per heavy atom. The number of sulfonamides is 1. The van der Waals surface area contributed by atoms with E-state index in [2.05, 4.69) is 5.32 Å². The normalized spacial score (nSPS) is 18.4. The maximum Gasteiger partial charge on any atom is 0.408 e. The van der Waals surface area contributed by atoms with Gasteiger partial charge in [0.25, 0.3) is 0 Å². The molecule has 0 aromatic heterocycles. The third-order valence-electron chi connectivity index (χ3n) is 7.69. The Labute approximate surface area is 253 Å². The van der Waals surface area contributed by atoms with Gasteiger partial charge in [0.1, 0.15) is 11.1 Å². The average Bonchev–Trinajstić information content (AvgIpc) is 2.97. The van der Waals surface area contributed by atoms with Gasteiger partial charge in [-0.15, -0.1) is 0 Å². The van der Waals surface area contributed by atoms with E-state index in [1.807, 2.05) is 24.3 Å². The number of ether oxygens (including phenoxy) is 3. The van der Waals surface area contributed by atoms with Crippen LogP contribution in [0.3, 0.4) is 0 Å². The summed E-state index contributed by atoms with van der Waals surface area (Å²) in [5, 5.41) is 2.77. The van der Waals surface area contributed by atoms with E-state index in [0.29, 0.717) is 39.5 Å². The standard InChI is InChI=1S/C31H41N3O8S/c1-30(2,3)42-29(37)33-31(12-16-40-17-13-31)27(35)21-25(28(32)36)20-22-4-6-23(7-5-22)24-8-10-26(11-9-24)43(38,39)34-14-18-41-19-15-34/h4-11,25H,12-21H2,1-3H3,(H2,32,36)(H,33,37)/t25-/m1/s1. The van der Waals surface area contributed by atoms with Crippen LogP contribution in [0.5, 0.6) is 0 Å². The van der Waals surface area contributed by atoms with Gasteiger partial charge in [-0.1, -0.05) is 36.4 Å². The van der Waals surface area contributed by atoms with Crippen molar-refractivity contribution in [2.24, 2.45) is 11.7 Å². The number of ketones is 1. The molecule has 2 saturated heterocycles. The number of primary amides is 1. The Kier molecular flexibility index (Phi) is 10.3. The molecule has 12 heteroatoms. The molecule has 2 amide bonds. The minimum atomic E-state index is -3.58. The first-order valence-corrected chi connectivity index (χ1v) is 15.9. The molecular formula is C31H41N3O8S. The molecule has 0 radical (unpaired) electrons. The van der Waals surface area contributed by atoms with E-state index in [1.54, 1.807) is 45.0 Å². The maximum atomic E-state index is 13.6. The Balaban J connectivity index is 1.43. The van der Waals surface area contributed by atoms with Gasteiger partial charge in [0.15, 0.2) is 5.78 Å². The van der Waals surface area contributed by atoms with Gasteiger partial charge in [-0.2, -0.15) is 4.31 Å². The molecule has 0 bridgehead atoms. The molecule has 2 aliphatic rings. The van der Waals surface area contributed by atoms with Crippen LogP contribution < -0.4 is 11.1 Å². The molecule has 2 aromatic rings. The lowest BCUT2D eigenvalue weighted by molar-refractivity contribution is -0.133. The SMILES string of the molecule is CC(C)(C)OC(=O)NC1(C(=O)C[C@@H](Cc2ccc(-c3ccc(S(=O)(=O)N4CCOCC4)cc3)cc2)C(N)=O)CCOCC1. The summed E-state index contributed by atoms with van der Waals surface area (Å²) in [5.74, 6) is -1.66. The number of alkyl carbamates (subject to hydrolysis) is 1. The number of hydrogen-bond acceptors (Lipinski definition) is 8. The second-order valence-electron chi connectivity index (χ2n) is 12.0. The number of Topliss-reactive ketones (excluding diaryl/α,β-unsaturated/α-hetero) is 1. The zero-order chi connectivity index (χ0) is 31.3. The summed E-state index contributed by atoms with van der Waals surface area (Å²) in [4.78, 5) is 38.8. The van der Waals surface area contributed by atoms with E-state index in [-0.39, 0.29) is 36.4 Å². The molecule has 11 nitrogen and oxygen atoms in total. The molecule has 234 valence electrons. The van der Waals surface area contributed by atoms with Gasteiger partial charge in [0.05, 0.1) is 18.1 Å². The molecule has 1 atom stereocenters. The molecule has 4 rings (SSSR count). The molecule has 0 aliphatic carbocycles. The van der Waals surface area contributed by atoms with Crippen LogP contribution in [0.4, 0.5) is 4.79 Å². The molecular weight excluding hydrogens is 574 g/mol. The minimum Gasteiger partial charge on any atom is -0.444 e. The van der Waals surface area contributed by atoms with Crippen molar-refractivity contribution in [3.8, 4) is 11.1 Å². The highest BCUT2D eigenvalue weighted by molar-refractivity contribution is 7.89. The molecule has 0 saturated carbocycles. The van der Waals surface area contributed by atoms with E-state index in [0.717, 1.165) is 16.7 Å². The third kappa shape index (κ3) is 8.41. The molecule has 3 N–H and O–H groups in total. The van der Waals surface area contributed by atoms with Crippen LogP contribution in [-0.4, -0.2) is 81.2 Å². The number of amides is 2. The van der Waals surface area contributed by atoms with Crippen molar-refractivity contribution >= 4 is 27.8 Å². The molecule has 2 aliphatic heterocycles. The molecule has 0 unspecified atom stereocenters. The number of carbonyl (C=O) groups excluding carboxylic acids is 3. The quantitative estimate of drug-likeness (QED) is 0.413. The van der Waals surface area contributed by atoms with Crippen LogP contribution in [0.1, 0.15) is 45.6 Å². The second-order valence-corrected chi connectivity index (χ2v) is 13.9. The van der Waals surface area contributed by atoms with Crippen molar-refractivity contribution in [2.45, 2.75) is 62.5 Å². The van der Waals surface area contributed by atoms with Crippen molar-refractivity contribution in [1.82, 2.24) is 9.62 Å². The highest BCUT2D eigenvalue weighted by Gasteiger charge is 2.43. The van der Waals surface area contributed by atoms with E-state index in [4.69, 9.17) is 19.9 Å². The molecule has 2 aromatic carbocycles. The lowest BCUT2D eigenvalue weighted by Crippen LogP contribution is -2.58. The monoisotopic (exact) mass is 615 g/mol. The molecule has 0 spiro atoms. The number of hydrogen-bond donors (Lipinski definition) is 2. The fourth-order valence-electron chi connectivity index (χ4n) is 5.26. The number of benzene rings is 2. The highest BCUT2D eigenvalue weighted by Crippen LogP contribution is 2.28. The van der Waals surface area contributed by atoms with Gasteiger partial charge in [-0.25, -0.2) is 13.2 Å². The Bertz CT molecular complexity index is 1390. The second kappa shape index (κ2) is 13.5. The number of morpholine rings is 1. The van der Waals surface area contributed by atoms with Gasteiger partial charge in [0, 0.05) is 51.5 Å². The molecule has 2 heterocycles. The van der Waals surface area contributed by atoms with E-state index in [9.17, 15) is 22.8 Å². The zero-order valence-corrected chi connectivity index (χ0v) is 25.8. The Morgan fingerprint density at radius 1 is 0.930 bits per heavy atom. The van der Waals surface area contributed by atoms with Crippen molar-refractivity contribution in [3.63, 3.8) is 0 Å². The zero-order valence-electron chi connectivity index (χ0n) is 25.0. The summed E-state index contributed by atoms with van der Waals surface area (Å²) in [7, 11) is -3.58. The number of nitrogens with one attached hydrogen (secondary N) is 1. The fraction of sp³-hybridized carbons (Fsp3) is 0.516. The first-order chi connectivity index (χ1) is 20.3. The summed E-state index contributed by atoms with van der Waals surface area (Å²) < 4.78 is 43.3. The number of rotatable bonds is 10. The van der Waals surface area contributed by atoms with Crippen molar-refractivity contribution in [2.75, 3.05) is 39.5 Å². The predicted octanol–water partition coefficient (Wildman–Crippen LogP) is 3.05. The Hall–Kier alpha value is -3.32. The van der Waals surface area contributed by atoms with E-state index < -0.39 is 39.1 Å². The topological polar surface area (TPSA) is 154 Å². The van der Waals surface area contributed by atoms with Gasteiger partial charge < -0.3 is 25.3 Å². The van der Waals surface area contributed by atoms with Crippen molar-refractivity contribution in [1.29, 1.82) is 0 Å². The van der Waals surface area contributed by atoms with Gasteiger partial charge in [-0.3, -0.25) is 9.59 Å².